The van der Waals surface area contributed by atoms with Gasteiger partial charge in [0.05, 0.1) is 21.0 Å². The van der Waals surface area contributed by atoms with Gasteiger partial charge in [0.2, 0.25) is 15.9 Å². The van der Waals surface area contributed by atoms with Crippen LogP contribution in [0, 0.1) is 0 Å². The van der Waals surface area contributed by atoms with Crippen molar-refractivity contribution in [1.82, 2.24) is 9.71 Å². The van der Waals surface area contributed by atoms with Gasteiger partial charge < -0.3 is 4.42 Å². The normalized spacial score (nSPS) is 13.3. The molecule has 0 fully saturated rings. The molecule has 0 radical (unpaired) electrons. The lowest BCUT2D eigenvalue weighted by molar-refractivity contribution is 0.467. The highest BCUT2D eigenvalue weighted by Gasteiger charge is 2.22. The Morgan fingerprint density at radius 3 is 2.57 bits per heavy atom. The van der Waals surface area contributed by atoms with Gasteiger partial charge in [0.1, 0.15) is 5.52 Å². The fourth-order valence-corrected chi connectivity index (χ4v) is 3.66. The molecule has 0 aliphatic rings. The zero-order valence-corrected chi connectivity index (χ0v) is 14.3. The third-order valence-electron chi connectivity index (χ3n) is 3.21. The average molecular weight is 371 g/mol. The topological polar surface area (TPSA) is 72.2 Å². The van der Waals surface area contributed by atoms with E-state index in [2.05, 4.69) is 9.71 Å². The van der Waals surface area contributed by atoms with E-state index >= 15 is 0 Å². The summed E-state index contributed by atoms with van der Waals surface area (Å²) in [7, 11) is -3.78. The van der Waals surface area contributed by atoms with Crippen molar-refractivity contribution in [2.75, 3.05) is 0 Å². The number of aromatic nitrogens is 1. The van der Waals surface area contributed by atoms with E-state index in [-0.39, 0.29) is 20.8 Å². The highest BCUT2D eigenvalue weighted by atomic mass is 35.5. The highest BCUT2D eigenvalue weighted by molar-refractivity contribution is 7.89. The number of hydrogen-bond acceptors (Lipinski definition) is 4. The Labute approximate surface area is 143 Å². The first kappa shape index (κ1) is 16.3. The zero-order chi connectivity index (χ0) is 16.6. The standard InChI is InChI=1S/C15H12Cl2N2O3S/c1-9(15-18-13-4-2-3-5-14(13)22-15)19-23(20,21)10-6-7-11(16)12(17)8-10/h2-9,19H,1H3. The second-order valence-corrected chi connectivity index (χ2v) is 7.47. The molecule has 0 spiro atoms. The third-order valence-corrected chi connectivity index (χ3v) is 5.49. The van der Waals surface area contributed by atoms with Gasteiger partial charge in [-0.25, -0.2) is 13.4 Å². The number of benzene rings is 2. The second kappa shape index (κ2) is 6.13. The third kappa shape index (κ3) is 3.35. The van der Waals surface area contributed by atoms with Crippen LogP contribution in [0.1, 0.15) is 18.9 Å². The van der Waals surface area contributed by atoms with Crippen LogP contribution in [0.15, 0.2) is 51.8 Å². The largest absolute Gasteiger partial charge is 0.439 e. The van der Waals surface area contributed by atoms with Crippen LogP contribution in [0.5, 0.6) is 0 Å². The molecule has 1 aromatic heterocycles. The number of sulfonamides is 1. The molecule has 3 rings (SSSR count). The van der Waals surface area contributed by atoms with Gasteiger partial charge in [-0.2, -0.15) is 4.72 Å². The van der Waals surface area contributed by atoms with Crippen molar-refractivity contribution in [3.8, 4) is 0 Å². The molecular weight excluding hydrogens is 359 g/mol. The molecule has 0 bridgehead atoms. The molecule has 5 nitrogen and oxygen atoms in total. The van der Waals surface area contributed by atoms with Gasteiger partial charge >= 0.3 is 0 Å². The van der Waals surface area contributed by atoms with Gasteiger partial charge in [0.25, 0.3) is 0 Å². The van der Waals surface area contributed by atoms with Crippen LogP contribution in [0.2, 0.25) is 10.0 Å². The molecule has 1 unspecified atom stereocenters. The van der Waals surface area contributed by atoms with Crippen LogP contribution in [0.25, 0.3) is 11.1 Å². The average Bonchev–Trinajstić information content (AvgIpc) is 2.93. The molecule has 1 atom stereocenters. The predicted octanol–water partition coefficient (Wildman–Crippen LogP) is 4.17. The monoisotopic (exact) mass is 370 g/mol. The van der Waals surface area contributed by atoms with E-state index in [0.29, 0.717) is 11.1 Å². The Balaban J connectivity index is 1.88. The summed E-state index contributed by atoms with van der Waals surface area (Å²) >= 11 is 11.7. The smallest absolute Gasteiger partial charge is 0.241 e. The molecule has 8 heteroatoms. The Kier molecular flexibility index (Phi) is 4.33. The summed E-state index contributed by atoms with van der Waals surface area (Å²) in [5.74, 6) is 0.287. The SMILES string of the molecule is CC(NS(=O)(=O)c1ccc(Cl)c(Cl)c1)c1nc2ccccc2o1. The minimum Gasteiger partial charge on any atom is -0.439 e. The molecule has 0 saturated carbocycles. The minimum absolute atomic E-state index is 0.0230. The fourth-order valence-electron chi connectivity index (χ4n) is 2.07. The van der Waals surface area contributed by atoms with E-state index in [4.69, 9.17) is 27.6 Å². The van der Waals surface area contributed by atoms with Crippen LogP contribution >= 0.6 is 23.2 Å². The maximum atomic E-state index is 12.4. The van der Waals surface area contributed by atoms with Crippen LogP contribution in [-0.2, 0) is 10.0 Å². The summed E-state index contributed by atoms with van der Waals surface area (Å²) in [4.78, 5) is 4.30. The fraction of sp³-hybridized carbons (Fsp3) is 0.133. The first-order valence-corrected chi connectivity index (χ1v) is 8.93. The predicted molar refractivity (Wildman–Crippen MR) is 89.2 cm³/mol. The van der Waals surface area contributed by atoms with E-state index in [1.807, 2.05) is 12.1 Å². The summed E-state index contributed by atoms with van der Waals surface area (Å²) < 4.78 is 32.9. The zero-order valence-electron chi connectivity index (χ0n) is 12.0. The maximum absolute atomic E-state index is 12.4. The van der Waals surface area contributed by atoms with E-state index in [0.717, 1.165) is 0 Å². The maximum Gasteiger partial charge on any atom is 0.241 e. The lowest BCUT2D eigenvalue weighted by atomic mass is 10.3. The highest BCUT2D eigenvalue weighted by Crippen LogP contribution is 2.26. The summed E-state index contributed by atoms with van der Waals surface area (Å²) in [6.45, 7) is 1.65. The Hall–Kier alpha value is -1.60. The van der Waals surface area contributed by atoms with E-state index < -0.39 is 16.1 Å². The summed E-state index contributed by atoms with van der Waals surface area (Å²) in [5.41, 5.74) is 1.27. The lowest BCUT2D eigenvalue weighted by Gasteiger charge is -2.11. The molecule has 0 amide bonds. The van der Waals surface area contributed by atoms with Gasteiger partial charge in [-0.15, -0.1) is 0 Å². The first-order valence-electron chi connectivity index (χ1n) is 6.70. The van der Waals surface area contributed by atoms with Gasteiger partial charge in [-0.1, -0.05) is 35.3 Å². The molecule has 0 saturated heterocycles. The van der Waals surface area contributed by atoms with Crippen molar-refractivity contribution < 1.29 is 12.8 Å². The van der Waals surface area contributed by atoms with Crippen molar-refractivity contribution in [2.24, 2.45) is 0 Å². The first-order chi connectivity index (χ1) is 10.9. The Morgan fingerprint density at radius 1 is 1.13 bits per heavy atom. The van der Waals surface area contributed by atoms with Gasteiger partial charge in [0, 0.05) is 0 Å². The van der Waals surface area contributed by atoms with Crippen LogP contribution in [0.4, 0.5) is 0 Å². The van der Waals surface area contributed by atoms with Crippen LogP contribution in [0.3, 0.4) is 0 Å². The number of oxazole rings is 1. The molecule has 120 valence electrons. The number of halogens is 2. The number of nitrogens with one attached hydrogen (secondary N) is 1. The molecule has 0 aliphatic carbocycles. The number of rotatable bonds is 4. The molecular formula is C15H12Cl2N2O3S. The minimum atomic E-state index is -3.78. The number of nitrogens with zero attached hydrogens (tertiary/aromatic N) is 1. The van der Waals surface area contributed by atoms with E-state index in [1.165, 1.54) is 18.2 Å². The molecule has 3 aromatic rings. The Bertz CT molecular complexity index is 937. The summed E-state index contributed by atoms with van der Waals surface area (Å²) in [5, 5.41) is 0.460. The second-order valence-electron chi connectivity index (χ2n) is 4.94. The number of para-hydroxylation sites is 2. The van der Waals surface area contributed by atoms with E-state index in [1.54, 1.807) is 19.1 Å². The molecule has 0 aliphatic heterocycles. The molecule has 1 N–H and O–H groups in total. The molecule has 2 aromatic carbocycles. The summed E-state index contributed by atoms with van der Waals surface area (Å²) in [6, 6.07) is 10.7. The van der Waals surface area contributed by atoms with Crippen molar-refractivity contribution in [2.45, 2.75) is 17.9 Å². The van der Waals surface area contributed by atoms with Gasteiger partial charge in [-0.05, 0) is 37.3 Å². The van der Waals surface area contributed by atoms with Gasteiger partial charge in [0.15, 0.2) is 5.58 Å². The van der Waals surface area contributed by atoms with E-state index in [9.17, 15) is 8.42 Å². The lowest BCUT2D eigenvalue weighted by Crippen LogP contribution is -2.27. The summed E-state index contributed by atoms with van der Waals surface area (Å²) in [6.07, 6.45) is 0. The van der Waals surface area contributed by atoms with Crippen molar-refractivity contribution >= 4 is 44.3 Å². The van der Waals surface area contributed by atoms with Crippen molar-refractivity contribution in [3.63, 3.8) is 0 Å². The van der Waals surface area contributed by atoms with Crippen molar-refractivity contribution in [3.05, 3.63) is 58.4 Å². The molecule has 1 heterocycles. The number of hydrogen-bond donors (Lipinski definition) is 1. The Morgan fingerprint density at radius 2 is 1.87 bits per heavy atom. The number of fused-ring (bicyclic) bond motifs is 1. The molecule has 23 heavy (non-hydrogen) atoms. The van der Waals surface area contributed by atoms with Crippen LogP contribution in [-0.4, -0.2) is 13.4 Å². The quantitative estimate of drug-likeness (QED) is 0.747. The van der Waals surface area contributed by atoms with Crippen LogP contribution < -0.4 is 4.72 Å². The van der Waals surface area contributed by atoms with Crippen molar-refractivity contribution in [1.29, 1.82) is 0 Å². The van der Waals surface area contributed by atoms with Gasteiger partial charge in [-0.3, -0.25) is 0 Å².